The minimum absolute atomic E-state index is 0.0760. The molecule has 0 aromatic carbocycles. The first-order valence-corrected chi connectivity index (χ1v) is 10.1. The lowest BCUT2D eigenvalue weighted by Crippen LogP contribution is -2.69. The lowest BCUT2D eigenvalue weighted by atomic mass is 9.43. The number of rotatable bonds is 2. The topological polar surface area (TPSA) is 74.6 Å². The van der Waals surface area contributed by atoms with Crippen molar-refractivity contribution in [3.8, 4) is 0 Å². The summed E-state index contributed by atoms with van der Waals surface area (Å²) in [4.78, 5) is 24.2. The first kappa shape index (κ1) is 19.9. The van der Waals surface area contributed by atoms with E-state index >= 15 is 4.39 Å². The molecule has 0 radical (unpaired) electrons. The van der Waals surface area contributed by atoms with Gasteiger partial charge in [-0.25, -0.2) is 8.78 Å². The number of fused-ring (bicyclic) bond motifs is 5. The van der Waals surface area contributed by atoms with Crippen LogP contribution >= 0.6 is 0 Å². The summed E-state index contributed by atoms with van der Waals surface area (Å²) in [5.41, 5.74) is -5.42. The van der Waals surface area contributed by atoms with Crippen molar-refractivity contribution in [2.75, 3.05) is 6.67 Å². The fourth-order valence-electron chi connectivity index (χ4n) is 7.17. The molecule has 0 amide bonds. The summed E-state index contributed by atoms with van der Waals surface area (Å²) in [5, 5.41) is 22.2. The quantitative estimate of drug-likeness (QED) is 0.755. The van der Waals surface area contributed by atoms with Crippen molar-refractivity contribution in [3.05, 3.63) is 23.8 Å². The Hall–Kier alpha value is -1.40. The van der Waals surface area contributed by atoms with E-state index in [0.29, 0.717) is 18.4 Å². The second kappa shape index (κ2) is 5.82. The number of allylic oxidation sites excluding steroid dienone is 4. The number of aliphatic hydroxyl groups is 2. The van der Waals surface area contributed by atoms with Crippen molar-refractivity contribution in [1.82, 2.24) is 0 Å². The first-order valence-electron chi connectivity index (χ1n) is 10.1. The first-order chi connectivity index (χ1) is 13.0. The fraction of sp³-hybridized carbons (Fsp3) is 0.727. The van der Waals surface area contributed by atoms with E-state index in [-0.39, 0.29) is 30.5 Å². The third kappa shape index (κ3) is 2.06. The Bertz CT molecular complexity index is 806. The van der Waals surface area contributed by atoms with Gasteiger partial charge in [0.2, 0.25) is 0 Å². The number of aliphatic hydroxyl groups excluding tert-OH is 1. The number of halogens is 2. The molecule has 0 aromatic rings. The third-order valence-electron chi connectivity index (χ3n) is 8.70. The van der Waals surface area contributed by atoms with E-state index in [1.54, 1.807) is 19.9 Å². The van der Waals surface area contributed by atoms with Gasteiger partial charge in [-0.15, -0.1) is 0 Å². The summed E-state index contributed by atoms with van der Waals surface area (Å²) in [6.45, 7) is 4.10. The smallest absolute Gasteiger partial charge is 0.195 e. The molecule has 0 aliphatic heterocycles. The van der Waals surface area contributed by atoms with Crippen molar-refractivity contribution in [3.63, 3.8) is 0 Å². The van der Waals surface area contributed by atoms with Gasteiger partial charge in [0.25, 0.3) is 0 Å². The van der Waals surface area contributed by atoms with Gasteiger partial charge in [0.15, 0.2) is 23.9 Å². The molecule has 154 valence electrons. The van der Waals surface area contributed by atoms with Gasteiger partial charge in [-0.3, -0.25) is 9.59 Å². The lowest BCUT2D eigenvalue weighted by molar-refractivity contribution is -0.220. The molecule has 0 aromatic heterocycles. The normalized spacial score (nSPS) is 52.5. The van der Waals surface area contributed by atoms with Gasteiger partial charge in [0, 0.05) is 16.7 Å². The molecule has 2 N–H and O–H groups in total. The van der Waals surface area contributed by atoms with E-state index < -0.39 is 46.6 Å². The second-order valence-corrected chi connectivity index (χ2v) is 9.75. The zero-order chi connectivity index (χ0) is 20.7. The van der Waals surface area contributed by atoms with E-state index in [4.69, 9.17) is 0 Å². The van der Waals surface area contributed by atoms with E-state index in [2.05, 4.69) is 0 Å². The van der Waals surface area contributed by atoms with Crippen LogP contribution in [0.1, 0.15) is 46.5 Å². The number of carbonyl (C=O) groups excluding carboxylic acids is 2. The van der Waals surface area contributed by atoms with Gasteiger partial charge in [-0.1, -0.05) is 25.5 Å². The Balaban J connectivity index is 1.84. The summed E-state index contributed by atoms with van der Waals surface area (Å²) < 4.78 is 30.1. The molecular formula is C22H28F2O4. The highest BCUT2D eigenvalue weighted by Crippen LogP contribution is 2.70. The van der Waals surface area contributed by atoms with Crippen LogP contribution in [-0.4, -0.2) is 45.8 Å². The molecule has 0 bridgehead atoms. The van der Waals surface area contributed by atoms with Gasteiger partial charge >= 0.3 is 0 Å². The highest BCUT2D eigenvalue weighted by molar-refractivity contribution is 6.01. The molecule has 0 saturated heterocycles. The van der Waals surface area contributed by atoms with Crippen LogP contribution in [0.5, 0.6) is 0 Å². The van der Waals surface area contributed by atoms with Crippen LogP contribution < -0.4 is 0 Å². The number of alkyl halides is 2. The van der Waals surface area contributed by atoms with Crippen molar-refractivity contribution >= 4 is 11.6 Å². The van der Waals surface area contributed by atoms with E-state index in [0.717, 1.165) is 0 Å². The van der Waals surface area contributed by atoms with Gasteiger partial charge < -0.3 is 10.2 Å². The van der Waals surface area contributed by atoms with Crippen molar-refractivity contribution < 1.29 is 28.6 Å². The van der Waals surface area contributed by atoms with Crippen LogP contribution in [0.3, 0.4) is 0 Å². The average molecular weight is 394 g/mol. The molecule has 4 aliphatic rings. The van der Waals surface area contributed by atoms with Crippen LogP contribution in [0, 0.1) is 28.6 Å². The molecule has 4 aliphatic carbocycles. The minimum atomic E-state index is -2.02. The zero-order valence-electron chi connectivity index (χ0n) is 16.5. The van der Waals surface area contributed by atoms with E-state index in [1.165, 1.54) is 12.2 Å². The summed E-state index contributed by atoms with van der Waals surface area (Å²) in [7, 11) is 0. The van der Waals surface area contributed by atoms with E-state index in [1.807, 2.05) is 6.92 Å². The number of hydrogen-bond acceptors (Lipinski definition) is 4. The second-order valence-electron chi connectivity index (χ2n) is 9.75. The molecule has 0 spiro atoms. The number of hydrogen-bond donors (Lipinski definition) is 2. The summed E-state index contributed by atoms with van der Waals surface area (Å²) in [6.07, 6.45) is 3.77. The zero-order valence-corrected chi connectivity index (χ0v) is 16.5. The van der Waals surface area contributed by atoms with Gasteiger partial charge in [-0.05, 0) is 56.6 Å². The maximum absolute atomic E-state index is 16.9. The molecule has 3 fully saturated rings. The number of ketones is 2. The van der Waals surface area contributed by atoms with Gasteiger partial charge in [0.05, 0.1) is 6.10 Å². The maximum Gasteiger partial charge on any atom is 0.195 e. The van der Waals surface area contributed by atoms with Crippen LogP contribution in [-0.2, 0) is 9.59 Å². The Morgan fingerprint density at radius 2 is 2.00 bits per heavy atom. The highest BCUT2D eigenvalue weighted by atomic mass is 19.1. The molecule has 4 nitrogen and oxygen atoms in total. The third-order valence-corrected chi connectivity index (χ3v) is 8.70. The van der Waals surface area contributed by atoms with Crippen molar-refractivity contribution in [1.29, 1.82) is 0 Å². The lowest BCUT2D eigenvalue weighted by Gasteiger charge is -2.63. The Morgan fingerprint density at radius 3 is 2.64 bits per heavy atom. The molecule has 0 unspecified atom stereocenters. The molecule has 6 heteroatoms. The number of carbonyl (C=O) groups is 2. The minimum Gasteiger partial charge on any atom is -0.390 e. The van der Waals surface area contributed by atoms with Crippen molar-refractivity contribution in [2.24, 2.45) is 28.6 Å². The highest BCUT2D eigenvalue weighted by Gasteiger charge is 2.74. The number of Topliss-reactive ketones (excluding diaryl/α,β-unsaturated/α-hetero) is 1. The molecule has 3 saturated carbocycles. The predicted octanol–water partition coefficient (Wildman–Crippen LogP) is 2.87. The van der Waals surface area contributed by atoms with Crippen LogP contribution in [0.2, 0.25) is 0 Å². The Kier molecular flexibility index (Phi) is 4.13. The summed E-state index contributed by atoms with van der Waals surface area (Å²) in [5.74, 6) is -2.09. The fourth-order valence-corrected chi connectivity index (χ4v) is 7.17. The monoisotopic (exact) mass is 394 g/mol. The van der Waals surface area contributed by atoms with Gasteiger partial charge in [0.1, 0.15) is 5.60 Å². The Morgan fingerprint density at radius 1 is 1.32 bits per heavy atom. The molecule has 8 atom stereocenters. The van der Waals surface area contributed by atoms with Crippen molar-refractivity contribution in [2.45, 2.75) is 63.8 Å². The van der Waals surface area contributed by atoms with Crippen LogP contribution in [0.4, 0.5) is 8.78 Å². The maximum atomic E-state index is 16.9. The van der Waals surface area contributed by atoms with Gasteiger partial charge in [-0.2, -0.15) is 0 Å². The summed E-state index contributed by atoms with van der Waals surface area (Å²) in [6, 6.07) is 0. The Labute approximate surface area is 163 Å². The molecule has 0 heterocycles. The SMILES string of the molecule is C[C@H]1C[C@H]2[C@@H]3CC[C@](O)(C(=O)CF)[C@@]3(C)C[C@H](O)[C@]2(F)[C@@]2(C)C=CC(=O)C=C12. The molecule has 28 heavy (non-hydrogen) atoms. The van der Waals surface area contributed by atoms with Crippen LogP contribution in [0.15, 0.2) is 23.8 Å². The summed E-state index contributed by atoms with van der Waals surface area (Å²) >= 11 is 0. The average Bonchev–Trinajstić information content (AvgIpc) is 2.91. The predicted molar refractivity (Wildman–Crippen MR) is 98.8 cm³/mol. The molecule has 4 rings (SSSR count). The molecular weight excluding hydrogens is 366 g/mol. The van der Waals surface area contributed by atoms with Crippen LogP contribution in [0.25, 0.3) is 0 Å². The van der Waals surface area contributed by atoms with E-state index in [9.17, 15) is 24.2 Å². The largest absolute Gasteiger partial charge is 0.390 e. The standard InChI is InChI=1S/C22H28F2O4/c1-12-8-16-14-5-7-21(28,18(27)11-23)20(14,3)10-17(26)22(16,24)19(2)6-4-13(25)9-15(12)19/h4,6,9,12,14,16-17,26,28H,5,7-8,10-11H2,1-3H3/t12-,14-,16-,17-,19-,20-,21-,22-/m0/s1.